The SMILES string of the molecule is COc1ccc(CNc2nc(NCc3ccc(OC)cc3)nc(NC3CCC(C)CC3)n2)cc1. The van der Waals surface area contributed by atoms with Crippen molar-refractivity contribution in [2.45, 2.75) is 51.7 Å². The van der Waals surface area contributed by atoms with E-state index in [0.717, 1.165) is 41.4 Å². The third kappa shape index (κ3) is 6.73. The summed E-state index contributed by atoms with van der Waals surface area (Å²) in [6, 6.07) is 16.3. The van der Waals surface area contributed by atoms with Gasteiger partial charge in [-0.15, -0.1) is 0 Å². The Balaban J connectivity index is 1.46. The van der Waals surface area contributed by atoms with Gasteiger partial charge in [-0.2, -0.15) is 15.0 Å². The summed E-state index contributed by atoms with van der Waals surface area (Å²) in [6.07, 6.45) is 4.73. The van der Waals surface area contributed by atoms with E-state index in [1.54, 1.807) is 14.2 Å². The highest BCUT2D eigenvalue weighted by molar-refractivity contribution is 5.44. The van der Waals surface area contributed by atoms with Crippen LogP contribution in [0.3, 0.4) is 0 Å². The molecule has 3 N–H and O–H groups in total. The predicted molar refractivity (Wildman–Crippen MR) is 136 cm³/mol. The van der Waals surface area contributed by atoms with Crippen LogP contribution < -0.4 is 25.4 Å². The van der Waals surface area contributed by atoms with E-state index in [2.05, 4.69) is 37.8 Å². The first-order valence-electron chi connectivity index (χ1n) is 11.9. The smallest absolute Gasteiger partial charge is 0.229 e. The number of benzene rings is 2. The molecule has 0 unspecified atom stereocenters. The number of hydrogen-bond donors (Lipinski definition) is 3. The molecule has 8 nitrogen and oxygen atoms in total. The van der Waals surface area contributed by atoms with Crippen molar-refractivity contribution in [1.29, 1.82) is 0 Å². The molecule has 0 amide bonds. The largest absolute Gasteiger partial charge is 0.497 e. The van der Waals surface area contributed by atoms with E-state index in [1.165, 1.54) is 12.8 Å². The summed E-state index contributed by atoms with van der Waals surface area (Å²) in [5.74, 6) is 4.14. The van der Waals surface area contributed by atoms with Gasteiger partial charge >= 0.3 is 0 Å². The molecule has 0 bridgehead atoms. The van der Waals surface area contributed by atoms with Gasteiger partial charge in [-0.1, -0.05) is 31.2 Å². The summed E-state index contributed by atoms with van der Waals surface area (Å²) in [6.45, 7) is 3.53. The third-order valence-corrected chi connectivity index (χ3v) is 6.20. The van der Waals surface area contributed by atoms with Gasteiger partial charge in [-0.05, 0) is 67.0 Å². The van der Waals surface area contributed by atoms with E-state index >= 15 is 0 Å². The van der Waals surface area contributed by atoms with Crippen LogP contribution in [0.4, 0.5) is 17.8 Å². The lowest BCUT2D eigenvalue weighted by Gasteiger charge is -2.27. The molecular weight excluding hydrogens is 428 g/mol. The van der Waals surface area contributed by atoms with Gasteiger partial charge in [0.15, 0.2) is 0 Å². The molecule has 1 aliphatic carbocycles. The van der Waals surface area contributed by atoms with Crippen molar-refractivity contribution in [3.05, 3.63) is 59.7 Å². The Kier molecular flexibility index (Phi) is 8.01. The van der Waals surface area contributed by atoms with E-state index in [0.29, 0.717) is 37.0 Å². The molecule has 1 saturated carbocycles. The maximum Gasteiger partial charge on any atom is 0.229 e. The molecule has 0 aliphatic heterocycles. The second-order valence-electron chi connectivity index (χ2n) is 8.81. The third-order valence-electron chi connectivity index (χ3n) is 6.20. The van der Waals surface area contributed by atoms with Crippen LogP contribution in [0, 0.1) is 5.92 Å². The molecule has 2 aromatic carbocycles. The zero-order chi connectivity index (χ0) is 23.8. The first-order chi connectivity index (χ1) is 16.6. The fourth-order valence-electron chi connectivity index (χ4n) is 4.03. The summed E-state index contributed by atoms with van der Waals surface area (Å²) in [7, 11) is 3.33. The second-order valence-corrected chi connectivity index (χ2v) is 8.81. The molecule has 34 heavy (non-hydrogen) atoms. The van der Waals surface area contributed by atoms with Crippen molar-refractivity contribution in [3.8, 4) is 11.5 Å². The molecule has 0 atom stereocenters. The van der Waals surface area contributed by atoms with E-state index in [-0.39, 0.29) is 0 Å². The van der Waals surface area contributed by atoms with Crippen molar-refractivity contribution in [1.82, 2.24) is 15.0 Å². The minimum Gasteiger partial charge on any atom is -0.497 e. The Hall–Kier alpha value is -3.55. The quantitative estimate of drug-likeness (QED) is 0.383. The highest BCUT2D eigenvalue weighted by atomic mass is 16.5. The molecule has 4 rings (SSSR count). The number of anilines is 3. The molecule has 1 aromatic heterocycles. The van der Waals surface area contributed by atoms with E-state index < -0.39 is 0 Å². The number of nitrogens with one attached hydrogen (secondary N) is 3. The summed E-state index contributed by atoms with van der Waals surface area (Å²) in [5.41, 5.74) is 2.23. The molecule has 1 heterocycles. The fraction of sp³-hybridized carbons (Fsp3) is 0.423. The van der Waals surface area contributed by atoms with Crippen molar-refractivity contribution in [2.24, 2.45) is 5.92 Å². The Morgan fingerprint density at radius 2 is 1.12 bits per heavy atom. The van der Waals surface area contributed by atoms with Gasteiger partial charge in [-0.25, -0.2) is 0 Å². The number of rotatable bonds is 10. The zero-order valence-corrected chi connectivity index (χ0v) is 20.2. The van der Waals surface area contributed by atoms with Crippen LogP contribution >= 0.6 is 0 Å². The first kappa shape index (κ1) is 23.6. The Labute approximate surface area is 201 Å². The van der Waals surface area contributed by atoms with Crippen LogP contribution in [0.5, 0.6) is 11.5 Å². The molecule has 0 spiro atoms. The second kappa shape index (κ2) is 11.5. The monoisotopic (exact) mass is 462 g/mol. The zero-order valence-electron chi connectivity index (χ0n) is 20.2. The molecule has 0 saturated heterocycles. The lowest BCUT2D eigenvalue weighted by molar-refractivity contribution is 0.360. The van der Waals surface area contributed by atoms with Crippen molar-refractivity contribution >= 4 is 17.8 Å². The Morgan fingerprint density at radius 1 is 0.676 bits per heavy atom. The Morgan fingerprint density at radius 3 is 1.56 bits per heavy atom. The molecule has 1 fully saturated rings. The molecule has 8 heteroatoms. The molecule has 180 valence electrons. The summed E-state index contributed by atoms with van der Waals surface area (Å²) in [4.78, 5) is 13.9. The summed E-state index contributed by atoms with van der Waals surface area (Å²) >= 11 is 0. The lowest BCUT2D eigenvalue weighted by atomic mass is 9.87. The van der Waals surface area contributed by atoms with Crippen LogP contribution in [-0.4, -0.2) is 35.2 Å². The average molecular weight is 463 g/mol. The van der Waals surface area contributed by atoms with E-state index in [1.807, 2.05) is 48.5 Å². The topological polar surface area (TPSA) is 93.2 Å². The Bertz CT molecular complexity index is 964. The lowest BCUT2D eigenvalue weighted by Crippen LogP contribution is -2.26. The number of nitrogens with zero attached hydrogens (tertiary/aromatic N) is 3. The highest BCUT2D eigenvalue weighted by Gasteiger charge is 2.19. The van der Waals surface area contributed by atoms with E-state index in [9.17, 15) is 0 Å². The van der Waals surface area contributed by atoms with Gasteiger partial charge in [0.2, 0.25) is 17.8 Å². The number of hydrogen-bond acceptors (Lipinski definition) is 8. The van der Waals surface area contributed by atoms with Crippen LogP contribution in [-0.2, 0) is 13.1 Å². The maximum absolute atomic E-state index is 5.24. The molecule has 3 aromatic rings. The van der Waals surface area contributed by atoms with Gasteiger partial charge < -0.3 is 25.4 Å². The van der Waals surface area contributed by atoms with Crippen LogP contribution in [0.2, 0.25) is 0 Å². The van der Waals surface area contributed by atoms with Crippen molar-refractivity contribution in [3.63, 3.8) is 0 Å². The number of aromatic nitrogens is 3. The van der Waals surface area contributed by atoms with Crippen LogP contribution in [0.15, 0.2) is 48.5 Å². The average Bonchev–Trinajstić information content (AvgIpc) is 2.88. The molecule has 0 radical (unpaired) electrons. The van der Waals surface area contributed by atoms with Gasteiger partial charge in [0, 0.05) is 19.1 Å². The number of methoxy groups -OCH3 is 2. The number of ether oxygens (including phenoxy) is 2. The van der Waals surface area contributed by atoms with Crippen LogP contribution in [0.25, 0.3) is 0 Å². The van der Waals surface area contributed by atoms with Crippen LogP contribution in [0.1, 0.15) is 43.7 Å². The van der Waals surface area contributed by atoms with E-state index in [4.69, 9.17) is 9.47 Å². The maximum atomic E-state index is 5.24. The predicted octanol–water partition coefficient (Wildman–Crippen LogP) is 5.10. The molecule has 1 aliphatic rings. The standard InChI is InChI=1S/C26H34N6O2/c1-18-4-10-21(11-5-18)29-26-31-24(27-16-19-6-12-22(33-2)13-7-19)30-25(32-26)28-17-20-8-14-23(34-3)15-9-20/h6-9,12-15,18,21H,4-5,10-11,16-17H2,1-3H3,(H3,27,28,29,30,31,32). The fourth-order valence-corrected chi connectivity index (χ4v) is 4.03. The minimum atomic E-state index is 0.391. The van der Waals surface area contributed by atoms with Gasteiger partial charge in [-0.3, -0.25) is 0 Å². The first-order valence-corrected chi connectivity index (χ1v) is 11.9. The normalized spacial score (nSPS) is 17.6. The highest BCUT2D eigenvalue weighted by Crippen LogP contribution is 2.26. The van der Waals surface area contributed by atoms with Gasteiger partial charge in [0.1, 0.15) is 11.5 Å². The molecular formula is C26H34N6O2. The summed E-state index contributed by atoms with van der Waals surface area (Å²) < 4.78 is 10.5. The van der Waals surface area contributed by atoms with Gasteiger partial charge in [0.05, 0.1) is 14.2 Å². The van der Waals surface area contributed by atoms with Crippen molar-refractivity contribution < 1.29 is 9.47 Å². The summed E-state index contributed by atoms with van der Waals surface area (Å²) in [5, 5.41) is 10.2. The van der Waals surface area contributed by atoms with Gasteiger partial charge in [0.25, 0.3) is 0 Å². The minimum absolute atomic E-state index is 0.391. The van der Waals surface area contributed by atoms with Crippen molar-refractivity contribution in [2.75, 3.05) is 30.2 Å².